The summed E-state index contributed by atoms with van der Waals surface area (Å²) in [6.45, 7) is 5.76. The summed E-state index contributed by atoms with van der Waals surface area (Å²) in [5.74, 6) is 0.679. The van der Waals surface area contributed by atoms with Gasteiger partial charge in [0, 0.05) is 29.4 Å². The fourth-order valence-corrected chi connectivity index (χ4v) is 3.66. The lowest BCUT2D eigenvalue weighted by molar-refractivity contribution is 0.0639. The molecule has 1 amide bonds. The summed E-state index contributed by atoms with van der Waals surface area (Å²) in [5, 5.41) is 0. The number of methoxy groups -OCH3 is 1. The van der Waals surface area contributed by atoms with Gasteiger partial charge in [0.05, 0.1) is 18.7 Å². The van der Waals surface area contributed by atoms with Crippen LogP contribution in [0.1, 0.15) is 34.7 Å². The van der Waals surface area contributed by atoms with Crippen molar-refractivity contribution in [3.05, 3.63) is 47.3 Å². The molecule has 0 saturated carbocycles. The van der Waals surface area contributed by atoms with Crippen LogP contribution in [0.15, 0.2) is 35.2 Å². The summed E-state index contributed by atoms with van der Waals surface area (Å²) in [6.07, 6.45) is 2.01. The fraction of sp³-hybridized carbons (Fsp3) is 0.389. The molecule has 0 fully saturated rings. The van der Waals surface area contributed by atoms with Gasteiger partial charge >= 0.3 is 0 Å². The van der Waals surface area contributed by atoms with Crippen molar-refractivity contribution in [2.24, 2.45) is 0 Å². The van der Waals surface area contributed by atoms with Gasteiger partial charge in [0.1, 0.15) is 5.75 Å². The van der Waals surface area contributed by atoms with Crippen LogP contribution in [0.3, 0.4) is 0 Å². The van der Waals surface area contributed by atoms with Crippen molar-refractivity contribution in [1.29, 1.82) is 0 Å². The number of aryl methyl sites for hydroxylation is 1. The number of amides is 1. The van der Waals surface area contributed by atoms with Crippen molar-refractivity contribution in [3.63, 3.8) is 0 Å². The Morgan fingerprint density at radius 1 is 1.26 bits per heavy atom. The Kier molecular flexibility index (Phi) is 4.39. The van der Waals surface area contributed by atoms with Crippen LogP contribution in [0.5, 0.6) is 5.75 Å². The highest BCUT2D eigenvalue weighted by molar-refractivity contribution is 7.98. The van der Waals surface area contributed by atoms with Crippen molar-refractivity contribution >= 4 is 17.7 Å². The lowest BCUT2D eigenvalue weighted by atomic mass is 10.1. The molecule has 1 unspecified atom stereocenters. The van der Waals surface area contributed by atoms with Crippen molar-refractivity contribution in [2.75, 3.05) is 19.9 Å². The molecule has 0 saturated heterocycles. The summed E-state index contributed by atoms with van der Waals surface area (Å²) in [7, 11) is 1.62. The van der Waals surface area contributed by atoms with Gasteiger partial charge in [-0.2, -0.15) is 0 Å². The van der Waals surface area contributed by atoms with Gasteiger partial charge in [-0.1, -0.05) is 0 Å². The molecule has 1 aliphatic rings. The Morgan fingerprint density at radius 2 is 2.04 bits per heavy atom. The van der Waals surface area contributed by atoms with Gasteiger partial charge in [0.15, 0.2) is 0 Å². The maximum atomic E-state index is 13.0. The molecule has 3 rings (SSSR count). The second-order valence-corrected chi connectivity index (χ2v) is 6.67. The number of hydrogen-bond donors (Lipinski definition) is 0. The molecule has 4 nitrogen and oxygen atoms in total. The highest BCUT2D eigenvalue weighted by Crippen LogP contribution is 2.32. The van der Waals surface area contributed by atoms with Crippen molar-refractivity contribution < 1.29 is 9.53 Å². The topological polar surface area (TPSA) is 34.5 Å². The van der Waals surface area contributed by atoms with E-state index in [1.165, 1.54) is 11.4 Å². The minimum Gasteiger partial charge on any atom is -0.496 e. The van der Waals surface area contributed by atoms with Crippen molar-refractivity contribution in [1.82, 2.24) is 9.47 Å². The number of aromatic nitrogens is 1. The summed E-state index contributed by atoms with van der Waals surface area (Å²) >= 11 is 1.64. The molecule has 0 spiro atoms. The number of nitrogens with zero attached hydrogens (tertiary/aromatic N) is 2. The van der Waals surface area contributed by atoms with Gasteiger partial charge in [-0.05, 0) is 50.4 Å². The molecule has 1 aromatic heterocycles. The zero-order valence-electron chi connectivity index (χ0n) is 14.0. The van der Waals surface area contributed by atoms with Crippen LogP contribution in [0.25, 0.3) is 0 Å². The minimum absolute atomic E-state index is 0.0344. The van der Waals surface area contributed by atoms with E-state index in [9.17, 15) is 4.79 Å². The second kappa shape index (κ2) is 6.32. The number of benzene rings is 1. The van der Waals surface area contributed by atoms with E-state index in [0.29, 0.717) is 11.3 Å². The number of hydrogen-bond acceptors (Lipinski definition) is 3. The Bertz CT molecular complexity index is 739. The SMILES string of the molecule is COc1cc(SC)ccc1C(=O)N1CCn2c(C)ccc2C1C. The average Bonchev–Trinajstić information content (AvgIpc) is 2.96. The van der Waals surface area contributed by atoms with Crippen LogP contribution >= 0.6 is 11.8 Å². The van der Waals surface area contributed by atoms with Crippen LogP contribution in [-0.4, -0.2) is 35.3 Å². The van der Waals surface area contributed by atoms with Crippen LogP contribution in [0.4, 0.5) is 0 Å². The van der Waals surface area contributed by atoms with Crippen LogP contribution in [-0.2, 0) is 6.54 Å². The Balaban J connectivity index is 1.92. The second-order valence-electron chi connectivity index (χ2n) is 5.79. The van der Waals surface area contributed by atoms with E-state index in [0.717, 1.165) is 18.0 Å². The number of carbonyl (C=O) groups is 1. The van der Waals surface area contributed by atoms with Crippen LogP contribution in [0, 0.1) is 6.92 Å². The molecule has 0 aliphatic carbocycles. The molecule has 2 heterocycles. The standard InChI is InChI=1S/C18H22N2O2S/c1-12-5-8-16-13(2)20(10-9-19(12)16)18(21)15-7-6-14(23-4)11-17(15)22-3/h5-8,11,13H,9-10H2,1-4H3. The number of rotatable bonds is 3. The van der Waals surface area contributed by atoms with Gasteiger partial charge in [0.2, 0.25) is 0 Å². The minimum atomic E-state index is 0.0344. The molecular formula is C18H22N2O2S. The third kappa shape index (κ3) is 2.74. The molecule has 23 heavy (non-hydrogen) atoms. The van der Waals surface area contributed by atoms with Gasteiger partial charge in [0.25, 0.3) is 5.91 Å². The molecule has 2 aromatic rings. The van der Waals surface area contributed by atoms with Crippen molar-refractivity contribution in [2.45, 2.75) is 31.3 Å². The highest BCUT2D eigenvalue weighted by Gasteiger charge is 2.30. The molecule has 0 radical (unpaired) electrons. The number of fused-ring (bicyclic) bond motifs is 1. The maximum Gasteiger partial charge on any atom is 0.258 e. The predicted molar refractivity (Wildman–Crippen MR) is 93.4 cm³/mol. The summed E-state index contributed by atoms with van der Waals surface area (Å²) in [6, 6.07) is 10.1. The maximum absolute atomic E-state index is 13.0. The molecule has 0 N–H and O–H groups in total. The number of ether oxygens (including phenoxy) is 1. The third-order valence-corrected chi connectivity index (χ3v) is 5.32. The van der Waals surface area contributed by atoms with Gasteiger partial charge in [-0.15, -0.1) is 11.8 Å². The van der Waals surface area contributed by atoms with E-state index < -0.39 is 0 Å². The van der Waals surface area contributed by atoms with Crippen LogP contribution < -0.4 is 4.74 Å². The summed E-state index contributed by atoms with van der Waals surface area (Å²) in [4.78, 5) is 16.1. The number of carbonyl (C=O) groups excluding carboxylic acids is 1. The van der Waals surface area contributed by atoms with E-state index in [1.807, 2.05) is 29.4 Å². The first kappa shape index (κ1) is 16.0. The number of thioether (sulfide) groups is 1. The normalized spacial score (nSPS) is 17.0. The Labute approximate surface area is 141 Å². The van der Waals surface area contributed by atoms with E-state index in [4.69, 9.17) is 4.74 Å². The lowest BCUT2D eigenvalue weighted by Crippen LogP contribution is -2.41. The molecule has 1 aliphatic heterocycles. The fourth-order valence-electron chi connectivity index (χ4n) is 3.23. The monoisotopic (exact) mass is 330 g/mol. The first-order valence-corrected chi connectivity index (χ1v) is 8.98. The van der Waals surface area contributed by atoms with E-state index in [-0.39, 0.29) is 11.9 Å². The highest BCUT2D eigenvalue weighted by atomic mass is 32.2. The smallest absolute Gasteiger partial charge is 0.258 e. The lowest BCUT2D eigenvalue weighted by Gasteiger charge is -2.35. The third-order valence-electron chi connectivity index (χ3n) is 4.59. The largest absolute Gasteiger partial charge is 0.496 e. The van der Waals surface area contributed by atoms with E-state index >= 15 is 0 Å². The average molecular weight is 330 g/mol. The molecule has 122 valence electrons. The Hall–Kier alpha value is -1.88. The predicted octanol–water partition coefficient (Wildman–Crippen LogP) is 3.74. The first-order valence-electron chi connectivity index (χ1n) is 7.76. The van der Waals surface area contributed by atoms with E-state index in [2.05, 4.69) is 30.5 Å². The van der Waals surface area contributed by atoms with Gasteiger partial charge in [-0.3, -0.25) is 4.79 Å². The molecule has 0 bridgehead atoms. The molecule has 1 aromatic carbocycles. The molecule has 1 atom stereocenters. The van der Waals surface area contributed by atoms with Crippen molar-refractivity contribution in [3.8, 4) is 5.75 Å². The zero-order chi connectivity index (χ0) is 16.6. The Morgan fingerprint density at radius 3 is 2.74 bits per heavy atom. The first-order chi connectivity index (χ1) is 11.1. The quantitative estimate of drug-likeness (QED) is 0.804. The molecular weight excluding hydrogens is 308 g/mol. The van der Waals surface area contributed by atoms with E-state index in [1.54, 1.807) is 18.9 Å². The van der Waals surface area contributed by atoms with Crippen LogP contribution in [0.2, 0.25) is 0 Å². The summed E-state index contributed by atoms with van der Waals surface area (Å²) in [5.41, 5.74) is 3.08. The molecule has 5 heteroatoms. The zero-order valence-corrected chi connectivity index (χ0v) is 14.8. The summed E-state index contributed by atoms with van der Waals surface area (Å²) < 4.78 is 7.74. The van der Waals surface area contributed by atoms with Gasteiger partial charge in [-0.25, -0.2) is 0 Å². The van der Waals surface area contributed by atoms with Gasteiger partial charge < -0.3 is 14.2 Å².